The Balaban J connectivity index is 2.38. The lowest BCUT2D eigenvalue weighted by Crippen LogP contribution is -2.47. The van der Waals surface area contributed by atoms with E-state index in [1.165, 1.54) is 44.9 Å². The van der Waals surface area contributed by atoms with E-state index in [9.17, 15) is 0 Å². The number of hydrogen-bond donors (Lipinski definition) is 1. The third kappa shape index (κ3) is 4.12. The number of ether oxygens (including phenoxy) is 1. The maximum Gasteiger partial charge on any atom is 0.0724 e. The predicted octanol–water partition coefficient (Wildman–Crippen LogP) is 3.11. The zero-order valence-corrected chi connectivity index (χ0v) is 10.6. The Morgan fingerprint density at radius 2 is 2.00 bits per heavy atom. The van der Waals surface area contributed by atoms with Crippen molar-refractivity contribution < 1.29 is 4.74 Å². The van der Waals surface area contributed by atoms with Gasteiger partial charge in [-0.1, -0.05) is 33.1 Å². The minimum absolute atomic E-state index is 0.449. The van der Waals surface area contributed by atoms with Gasteiger partial charge in [-0.05, 0) is 25.7 Å². The van der Waals surface area contributed by atoms with Crippen molar-refractivity contribution in [1.82, 2.24) is 5.32 Å². The molecule has 0 spiro atoms. The van der Waals surface area contributed by atoms with Crippen molar-refractivity contribution in [3.63, 3.8) is 0 Å². The first-order valence-electron chi connectivity index (χ1n) is 6.60. The summed E-state index contributed by atoms with van der Waals surface area (Å²) in [6.07, 6.45) is 9.47. The van der Waals surface area contributed by atoms with E-state index in [4.69, 9.17) is 4.74 Å². The van der Waals surface area contributed by atoms with Gasteiger partial charge < -0.3 is 10.1 Å². The molecule has 2 heteroatoms. The van der Waals surface area contributed by atoms with E-state index in [0.717, 1.165) is 0 Å². The van der Waals surface area contributed by atoms with Crippen LogP contribution in [0.1, 0.15) is 58.8 Å². The fourth-order valence-corrected chi connectivity index (χ4v) is 2.63. The van der Waals surface area contributed by atoms with Crippen LogP contribution in [0, 0.1) is 0 Å². The van der Waals surface area contributed by atoms with Crippen molar-refractivity contribution >= 4 is 0 Å². The van der Waals surface area contributed by atoms with E-state index >= 15 is 0 Å². The summed E-state index contributed by atoms with van der Waals surface area (Å²) in [5, 5.41) is 3.78. The van der Waals surface area contributed by atoms with Crippen LogP contribution in [0.3, 0.4) is 0 Å². The van der Waals surface area contributed by atoms with Crippen LogP contribution in [0.15, 0.2) is 0 Å². The highest BCUT2D eigenvalue weighted by Gasteiger charge is 2.25. The molecule has 90 valence electrons. The van der Waals surface area contributed by atoms with Gasteiger partial charge in [0.05, 0.1) is 6.10 Å². The molecule has 0 aromatic heterocycles. The second-order valence-electron chi connectivity index (χ2n) is 4.73. The zero-order valence-electron chi connectivity index (χ0n) is 10.6. The van der Waals surface area contributed by atoms with Gasteiger partial charge in [-0.15, -0.1) is 0 Å². The summed E-state index contributed by atoms with van der Waals surface area (Å²) in [6.45, 7) is 4.54. The lowest BCUT2D eigenvalue weighted by atomic mass is 9.91. The van der Waals surface area contributed by atoms with E-state index in [1.54, 1.807) is 0 Å². The molecule has 1 rings (SSSR count). The van der Waals surface area contributed by atoms with Crippen LogP contribution in [0.5, 0.6) is 0 Å². The second kappa shape index (κ2) is 7.24. The molecule has 2 nitrogen and oxygen atoms in total. The Labute approximate surface area is 94.8 Å². The van der Waals surface area contributed by atoms with Crippen LogP contribution >= 0.6 is 0 Å². The van der Waals surface area contributed by atoms with Gasteiger partial charge in [0.25, 0.3) is 0 Å². The molecule has 0 radical (unpaired) electrons. The Morgan fingerprint density at radius 1 is 1.27 bits per heavy atom. The van der Waals surface area contributed by atoms with E-state index in [-0.39, 0.29) is 0 Å². The average Bonchev–Trinajstić information content (AvgIpc) is 2.29. The SMILES string of the molecule is CCCC(CC)NC1CCCCC1OC. The molecule has 3 atom stereocenters. The molecule has 1 saturated carbocycles. The number of nitrogens with one attached hydrogen (secondary N) is 1. The van der Waals surface area contributed by atoms with Crippen molar-refractivity contribution in [2.75, 3.05) is 7.11 Å². The molecule has 0 aromatic carbocycles. The van der Waals surface area contributed by atoms with Crippen molar-refractivity contribution in [2.45, 2.75) is 77.0 Å². The van der Waals surface area contributed by atoms with Crippen LogP contribution in [0.25, 0.3) is 0 Å². The molecule has 1 aliphatic rings. The lowest BCUT2D eigenvalue weighted by Gasteiger charge is -2.34. The molecular formula is C13H27NO. The quantitative estimate of drug-likeness (QED) is 0.732. The first kappa shape index (κ1) is 13.0. The molecule has 1 aliphatic carbocycles. The smallest absolute Gasteiger partial charge is 0.0724 e. The summed E-state index contributed by atoms with van der Waals surface area (Å²) < 4.78 is 5.56. The summed E-state index contributed by atoms with van der Waals surface area (Å²) in [7, 11) is 1.85. The molecule has 0 aliphatic heterocycles. The van der Waals surface area contributed by atoms with Crippen molar-refractivity contribution in [3.05, 3.63) is 0 Å². The number of methoxy groups -OCH3 is 1. The summed E-state index contributed by atoms with van der Waals surface area (Å²) >= 11 is 0. The third-order valence-corrected chi connectivity index (χ3v) is 3.59. The average molecular weight is 213 g/mol. The highest BCUT2D eigenvalue weighted by atomic mass is 16.5. The van der Waals surface area contributed by atoms with E-state index in [1.807, 2.05) is 7.11 Å². The topological polar surface area (TPSA) is 21.3 Å². The minimum atomic E-state index is 0.449. The largest absolute Gasteiger partial charge is 0.380 e. The summed E-state index contributed by atoms with van der Waals surface area (Å²) in [4.78, 5) is 0. The number of hydrogen-bond acceptors (Lipinski definition) is 2. The zero-order chi connectivity index (χ0) is 11.1. The van der Waals surface area contributed by atoms with Gasteiger partial charge in [0.2, 0.25) is 0 Å². The normalized spacial score (nSPS) is 29.0. The fraction of sp³-hybridized carbons (Fsp3) is 1.00. The summed E-state index contributed by atoms with van der Waals surface area (Å²) in [6, 6.07) is 1.29. The third-order valence-electron chi connectivity index (χ3n) is 3.59. The Kier molecular flexibility index (Phi) is 6.26. The molecule has 0 saturated heterocycles. The molecule has 0 amide bonds. The van der Waals surface area contributed by atoms with Crippen LogP contribution in [0.2, 0.25) is 0 Å². The molecule has 0 heterocycles. The Morgan fingerprint density at radius 3 is 2.60 bits per heavy atom. The van der Waals surface area contributed by atoms with Gasteiger partial charge >= 0.3 is 0 Å². The second-order valence-corrected chi connectivity index (χ2v) is 4.73. The van der Waals surface area contributed by atoms with Crippen molar-refractivity contribution in [1.29, 1.82) is 0 Å². The van der Waals surface area contributed by atoms with Gasteiger partial charge in [-0.2, -0.15) is 0 Å². The lowest BCUT2D eigenvalue weighted by molar-refractivity contribution is 0.0370. The molecule has 0 aromatic rings. The van der Waals surface area contributed by atoms with Gasteiger partial charge in [0, 0.05) is 19.2 Å². The van der Waals surface area contributed by atoms with Crippen LogP contribution in [-0.4, -0.2) is 25.3 Å². The molecule has 1 N–H and O–H groups in total. The molecular weight excluding hydrogens is 186 g/mol. The van der Waals surface area contributed by atoms with Gasteiger partial charge in [-0.25, -0.2) is 0 Å². The fourth-order valence-electron chi connectivity index (χ4n) is 2.63. The molecule has 1 fully saturated rings. The van der Waals surface area contributed by atoms with Gasteiger partial charge in [0.15, 0.2) is 0 Å². The first-order chi connectivity index (χ1) is 7.31. The summed E-state index contributed by atoms with van der Waals surface area (Å²) in [5.41, 5.74) is 0. The highest BCUT2D eigenvalue weighted by Crippen LogP contribution is 2.21. The Bertz CT molecular complexity index is 161. The van der Waals surface area contributed by atoms with E-state index < -0.39 is 0 Å². The number of rotatable bonds is 6. The predicted molar refractivity (Wildman–Crippen MR) is 65.2 cm³/mol. The first-order valence-corrected chi connectivity index (χ1v) is 6.60. The minimum Gasteiger partial charge on any atom is -0.380 e. The van der Waals surface area contributed by atoms with Crippen LogP contribution in [-0.2, 0) is 4.74 Å². The van der Waals surface area contributed by atoms with Crippen molar-refractivity contribution in [3.8, 4) is 0 Å². The van der Waals surface area contributed by atoms with Gasteiger partial charge in [-0.3, -0.25) is 0 Å². The van der Waals surface area contributed by atoms with Gasteiger partial charge in [0.1, 0.15) is 0 Å². The monoisotopic (exact) mass is 213 g/mol. The highest BCUT2D eigenvalue weighted by molar-refractivity contribution is 4.84. The summed E-state index contributed by atoms with van der Waals surface area (Å²) in [5.74, 6) is 0. The maximum atomic E-state index is 5.56. The maximum absolute atomic E-state index is 5.56. The molecule has 15 heavy (non-hydrogen) atoms. The molecule has 0 bridgehead atoms. The van der Waals surface area contributed by atoms with Crippen molar-refractivity contribution in [2.24, 2.45) is 0 Å². The molecule has 3 unspecified atom stereocenters. The van der Waals surface area contributed by atoms with E-state index in [0.29, 0.717) is 18.2 Å². The Hall–Kier alpha value is -0.0800. The van der Waals surface area contributed by atoms with Crippen LogP contribution in [0.4, 0.5) is 0 Å². The standard InChI is InChI=1S/C13H27NO/c1-4-8-11(5-2)14-12-9-6-7-10-13(12)15-3/h11-14H,4-10H2,1-3H3. The van der Waals surface area contributed by atoms with Crippen LogP contribution < -0.4 is 5.32 Å². The van der Waals surface area contributed by atoms with E-state index in [2.05, 4.69) is 19.2 Å².